The predicted octanol–water partition coefficient (Wildman–Crippen LogP) is 3.63. The highest BCUT2D eigenvalue weighted by Crippen LogP contribution is 2.22. The number of nitrogens with zero attached hydrogens (tertiary/aromatic N) is 1. The number of aryl methyl sites for hydroxylation is 5. The van der Waals surface area contributed by atoms with Crippen molar-refractivity contribution in [2.24, 2.45) is 0 Å². The molecule has 0 saturated carbocycles. The van der Waals surface area contributed by atoms with Crippen LogP contribution in [0.25, 0.3) is 0 Å². The third-order valence-electron chi connectivity index (χ3n) is 3.95. The molecule has 1 N–H and O–H groups in total. The van der Waals surface area contributed by atoms with Gasteiger partial charge < -0.3 is 14.6 Å². The van der Waals surface area contributed by atoms with Gasteiger partial charge in [0.1, 0.15) is 5.76 Å². The largest absolute Gasteiger partial charge is 0.455 e. The van der Waals surface area contributed by atoms with E-state index < -0.39 is 5.97 Å². The number of carbonyl (C=O) groups excluding carboxylic acids is 2. The Bertz CT molecular complexity index is 771. The van der Waals surface area contributed by atoms with Gasteiger partial charge in [-0.15, -0.1) is 11.8 Å². The molecule has 26 heavy (non-hydrogen) atoms. The minimum absolute atomic E-state index is 0.167. The maximum Gasteiger partial charge on any atom is 0.316 e. The summed E-state index contributed by atoms with van der Waals surface area (Å²) in [5.74, 6) is 0.773. The van der Waals surface area contributed by atoms with Crippen LogP contribution in [0, 0.1) is 34.6 Å². The quantitative estimate of drug-likeness (QED) is 0.743. The highest BCUT2D eigenvalue weighted by Gasteiger charge is 2.13. The van der Waals surface area contributed by atoms with Gasteiger partial charge in [-0.05, 0) is 45.7 Å². The van der Waals surface area contributed by atoms with Crippen molar-refractivity contribution in [1.82, 2.24) is 5.16 Å². The molecule has 7 heteroatoms. The average Bonchev–Trinajstić information content (AvgIpc) is 2.88. The monoisotopic (exact) mass is 376 g/mol. The first-order valence-electron chi connectivity index (χ1n) is 8.30. The van der Waals surface area contributed by atoms with Crippen LogP contribution in [0.15, 0.2) is 16.7 Å². The van der Waals surface area contributed by atoms with Crippen molar-refractivity contribution in [3.05, 3.63) is 45.8 Å². The number of hydrogen-bond acceptors (Lipinski definition) is 6. The topological polar surface area (TPSA) is 81.4 Å². The molecule has 1 aromatic heterocycles. The number of anilines is 1. The van der Waals surface area contributed by atoms with Crippen LogP contribution in [0.5, 0.6) is 0 Å². The average molecular weight is 376 g/mol. The Hall–Kier alpha value is -2.28. The van der Waals surface area contributed by atoms with Crippen molar-refractivity contribution in [3.8, 4) is 0 Å². The van der Waals surface area contributed by atoms with Crippen molar-refractivity contribution in [2.75, 3.05) is 17.7 Å². The maximum atomic E-state index is 12.0. The number of rotatable bonds is 7. The highest BCUT2D eigenvalue weighted by molar-refractivity contribution is 7.99. The van der Waals surface area contributed by atoms with Crippen LogP contribution in [-0.2, 0) is 20.1 Å². The summed E-state index contributed by atoms with van der Waals surface area (Å²) in [6.45, 7) is 9.29. The summed E-state index contributed by atoms with van der Waals surface area (Å²) < 4.78 is 10.1. The molecule has 0 unspecified atom stereocenters. The minimum Gasteiger partial charge on any atom is -0.455 e. The second kappa shape index (κ2) is 8.89. The van der Waals surface area contributed by atoms with Crippen molar-refractivity contribution in [1.29, 1.82) is 0 Å². The third-order valence-corrected chi connectivity index (χ3v) is 4.89. The SMILES string of the molecule is Cc1cc(C)c(NC(=O)COC(=O)CSCc2c(C)noc2C)c(C)c1. The Morgan fingerprint density at radius 1 is 1.15 bits per heavy atom. The third kappa shape index (κ3) is 5.36. The van der Waals surface area contributed by atoms with Gasteiger partial charge in [-0.3, -0.25) is 9.59 Å². The first kappa shape index (κ1) is 20.0. The van der Waals surface area contributed by atoms with Gasteiger partial charge >= 0.3 is 5.97 Å². The van der Waals surface area contributed by atoms with Gasteiger partial charge in [0.15, 0.2) is 6.61 Å². The molecule has 1 heterocycles. The predicted molar refractivity (Wildman–Crippen MR) is 102 cm³/mol. The Kier molecular flexibility index (Phi) is 6.85. The number of carbonyl (C=O) groups is 2. The zero-order chi connectivity index (χ0) is 19.3. The van der Waals surface area contributed by atoms with E-state index in [0.717, 1.165) is 39.4 Å². The first-order valence-corrected chi connectivity index (χ1v) is 9.46. The molecule has 0 fully saturated rings. The highest BCUT2D eigenvalue weighted by atomic mass is 32.2. The fourth-order valence-corrected chi connectivity index (χ4v) is 3.65. The van der Waals surface area contributed by atoms with Crippen molar-refractivity contribution < 1.29 is 18.8 Å². The molecule has 1 aromatic carbocycles. The van der Waals surface area contributed by atoms with Gasteiger partial charge in [0.2, 0.25) is 0 Å². The Labute approximate surface area is 157 Å². The summed E-state index contributed by atoms with van der Waals surface area (Å²) in [6, 6.07) is 4.00. The minimum atomic E-state index is -0.422. The number of hydrogen-bond donors (Lipinski definition) is 1. The van der Waals surface area contributed by atoms with Crippen molar-refractivity contribution in [3.63, 3.8) is 0 Å². The Morgan fingerprint density at radius 3 is 2.38 bits per heavy atom. The van der Waals surface area contributed by atoms with Gasteiger partial charge in [0.25, 0.3) is 5.91 Å². The lowest BCUT2D eigenvalue weighted by Crippen LogP contribution is -2.22. The van der Waals surface area contributed by atoms with E-state index in [1.807, 2.05) is 46.8 Å². The number of nitrogens with one attached hydrogen (secondary N) is 1. The van der Waals surface area contributed by atoms with E-state index in [1.165, 1.54) is 11.8 Å². The standard InChI is InChI=1S/C19H24N2O4S/c1-11-6-12(2)19(13(3)7-11)20-17(22)8-24-18(23)10-26-9-16-14(4)21-25-15(16)5/h6-7H,8-10H2,1-5H3,(H,20,22). The molecule has 0 aliphatic heterocycles. The molecule has 0 saturated heterocycles. The van der Waals surface area contributed by atoms with Gasteiger partial charge in [-0.2, -0.15) is 0 Å². The molecule has 0 bridgehead atoms. The summed E-state index contributed by atoms with van der Waals surface area (Å²) in [4.78, 5) is 23.9. The molecule has 2 aromatic rings. The van der Waals surface area contributed by atoms with Crippen LogP contribution in [-0.4, -0.2) is 29.4 Å². The lowest BCUT2D eigenvalue weighted by molar-refractivity contribution is -0.144. The van der Waals surface area contributed by atoms with Gasteiger partial charge in [-0.1, -0.05) is 22.9 Å². The van der Waals surface area contributed by atoms with E-state index in [4.69, 9.17) is 9.26 Å². The zero-order valence-electron chi connectivity index (χ0n) is 15.8. The second-order valence-corrected chi connectivity index (χ2v) is 7.26. The molecule has 0 spiro atoms. The first-order chi connectivity index (χ1) is 12.3. The zero-order valence-corrected chi connectivity index (χ0v) is 16.6. The number of aromatic nitrogens is 1. The fraction of sp³-hybridized carbons (Fsp3) is 0.421. The Morgan fingerprint density at radius 2 is 1.81 bits per heavy atom. The van der Waals surface area contributed by atoms with Crippen LogP contribution in [0.4, 0.5) is 5.69 Å². The number of amides is 1. The summed E-state index contributed by atoms with van der Waals surface area (Å²) in [5, 5.41) is 6.69. The van der Waals surface area contributed by atoms with Crippen LogP contribution in [0.2, 0.25) is 0 Å². The molecule has 2 rings (SSSR count). The summed E-state index contributed by atoms with van der Waals surface area (Å²) in [7, 11) is 0. The number of ether oxygens (including phenoxy) is 1. The molecule has 140 valence electrons. The van der Waals surface area contributed by atoms with Crippen LogP contribution >= 0.6 is 11.8 Å². The lowest BCUT2D eigenvalue weighted by Gasteiger charge is -2.13. The molecule has 6 nitrogen and oxygen atoms in total. The second-order valence-electron chi connectivity index (χ2n) is 6.28. The maximum absolute atomic E-state index is 12.0. The molecule has 0 atom stereocenters. The van der Waals surface area contributed by atoms with Crippen molar-refractivity contribution in [2.45, 2.75) is 40.4 Å². The molecular weight excluding hydrogens is 352 g/mol. The summed E-state index contributed by atoms with van der Waals surface area (Å²) >= 11 is 1.40. The van der Waals surface area contributed by atoms with E-state index in [0.29, 0.717) is 5.75 Å². The summed E-state index contributed by atoms with van der Waals surface area (Å²) in [5.41, 5.74) is 5.69. The molecule has 0 aliphatic carbocycles. The van der Waals surface area contributed by atoms with Crippen LogP contribution < -0.4 is 5.32 Å². The molecular formula is C19H24N2O4S. The van der Waals surface area contributed by atoms with E-state index in [1.54, 1.807) is 0 Å². The van der Waals surface area contributed by atoms with E-state index in [2.05, 4.69) is 10.5 Å². The van der Waals surface area contributed by atoms with E-state index in [9.17, 15) is 9.59 Å². The molecule has 0 radical (unpaired) electrons. The lowest BCUT2D eigenvalue weighted by atomic mass is 10.1. The number of esters is 1. The van der Waals surface area contributed by atoms with Crippen molar-refractivity contribution >= 4 is 29.3 Å². The van der Waals surface area contributed by atoms with Gasteiger partial charge in [0, 0.05) is 17.0 Å². The smallest absolute Gasteiger partial charge is 0.316 e. The van der Waals surface area contributed by atoms with Gasteiger partial charge in [-0.25, -0.2) is 0 Å². The van der Waals surface area contributed by atoms with E-state index in [-0.39, 0.29) is 18.3 Å². The van der Waals surface area contributed by atoms with Crippen LogP contribution in [0.1, 0.15) is 33.7 Å². The number of benzene rings is 1. The Balaban J connectivity index is 1.76. The van der Waals surface area contributed by atoms with Crippen LogP contribution in [0.3, 0.4) is 0 Å². The van der Waals surface area contributed by atoms with Gasteiger partial charge in [0.05, 0.1) is 11.4 Å². The number of thioether (sulfide) groups is 1. The fourth-order valence-electron chi connectivity index (χ4n) is 2.68. The molecule has 0 aliphatic rings. The summed E-state index contributed by atoms with van der Waals surface area (Å²) in [6.07, 6.45) is 0. The van der Waals surface area contributed by atoms with E-state index >= 15 is 0 Å². The normalized spacial score (nSPS) is 10.7. The molecule has 1 amide bonds.